The highest BCUT2D eigenvalue weighted by atomic mass is 16.6. The maximum atomic E-state index is 10.2. The Morgan fingerprint density at radius 3 is 2.71 bits per heavy atom. The highest BCUT2D eigenvalue weighted by Gasteiger charge is 2.46. The van der Waals surface area contributed by atoms with Crippen LogP contribution in [0.3, 0.4) is 0 Å². The van der Waals surface area contributed by atoms with Crippen molar-refractivity contribution in [2.75, 3.05) is 5.32 Å². The summed E-state index contributed by atoms with van der Waals surface area (Å²) in [4.78, 5) is 12.9. The molecule has 2 aromatic heterocycles. The van der Waals surface area contributed by atoms with Crippen LogP contribution in [0.2, 0.25) is 0 Å². The number of aliphatic hydroxyl groups excluding tert-OH is 2. The standard InChI is InChI=1S/C16H19N5O3/c1-4-8-11(22)12(23)15(24-8)21-7-19-10-13(17-6-18-14(10)21)20-9-5-16(9,2)3/h1,6-9,11-12,15,22-23H,5H2,2-3H3,(H,17,18,20). The first-order valence-electron chi connectivity index (χ1n) is 7.84. The minimum Gasteiger partial charge on any atom is -0.386 e. The van der Waals surface area contributed by atoms with Gasteiger partial charge in [-0.2, -0.15) is 0 Å². The Labute approximate surface area is 138 Å². The first-order chi connectivity index (χ1) is 11.4. The number of hydrogen-bond acceptors (Lipinski definition) is 7. The van der Waals surface area contributed by atoms with Crippen LogP contribution in [0.15, 0.2) is 12.7 Å². The van der Waals surface area contributed by atoms with Crippen molar-refractivity contribution in [1.29, 1.82) is 0 Å². The lowest BCUT2D eigenvalue weighted by Crippen LogP contribution is -2.30. The van der Waals surface area contributed by atoms with Gasteiger partial charge < -0.3 is 20.3 Å². The van der Waals surface area contributed by atoms with Gasteiger partial charge in [-0.15, -0.1) is 6.42 Å². The predicted molar refractivity (Wildman–Crippen MR) is 85.9 cm³/mol. The van der Waals surface area contributed by atoms with Crippen LogP contribution in [0.25, 0.3) is 11.2 Å². The zero-order chi connectivity index (χ0) is 17.1. The maximum absolute atomic E-state index is 10.2. The summed E-state index contributed by atoms with van der Waals surface area (Å²) in [6, 6.07) is 0.349. The van der Waals surface area contributed by atoms with Gasteiger partial charge in [0.25, 0.3) is 0 Å². The molecule has 24 heavy (non-hydrogen) atoms. The molecule has 1 saturated carbocycles. The predicted octanol–water partition coefficient (Wildman–Crippen LogP) is 0.289. The van der Waals surface area contributed by atoms with Gasteiger partial charge in [-0.25, -0.2) is 15.0 Å². The molecule has 0 aromatic carbocycles. The Morgan fingerprint density at radius 1 is 1.33 bits per heavy atom. The van der Waals surface area contributed by atoms with E-state index in [0.29, 0.717) is 23.0 Å². The summed E-state index contributed by atoms with van der Waals surface area (Å²) in [6.07, 6.45) is 5.33. The van der Waals surface area contributed by atoms with E-state index in [1.807, 2.05) is 0 Å². The van der Waals surface area contributed by atoms with Crippen LogP contribution < -0.4 is 5.32 Å². The van der Waals surface area contributed by atoms with E-state index < -0.39 is 24.5 Å². The van der Waals surface area contributed by atoms with E-state index in [1.165, 1.54) is 12.7 Å². The van der Waals surface area contributed by atoms with Gasteiger partial charge >= 0.3 is 0 Å². The average molecular weight is 329 g/mol. The molecule has 126 valence electrons. The molecule has 1 saturated heterocycles. The van der Waals surface area contributed by atoms with Crippen LogP contribution in [-0.2, 0) is 4.74 Å². The molecule has 1 aliphatic heterocycles. The maximum Gasteiger partial charge on any atom is 0.167 e. The first-order valence-corrected chi connectivity index (χ1v) is 7.84. The van der Waals surface area contributed by atoms with Gasteiger partial charge in [0.1, 0.15) is 24.6 Å². The van der Waals surface area contributed by atoms with Crippen molar-refractivity contribution in [1.82, 2.24) is 19.5 Å². The molecule has 8 heteroatoms. The normalized spacial score (nSPS) is 34.2. The summed E-state index contributed by atoms with van der Waals surface area (Å²) in [5.41, 5.74) is 1.35. The van der Waals surface area contributed by atoms with Crippen LogP contribution in [0.5, 0.6) is 0 Å². The fourth-order valence-corrected chi connectivity index (χ4v) is 3.05. The van der Waals surface area contributed by atoms with Crippen molar-refractivity contribution in [2.45, 2.75) is 50.8 Å². The van der Waals surface area contributed by atoms with E-state index in [1.54, 1.807) is 4.57 Å². The number of imidazole rings is 1. The number of anilines is 1. The van der Waals surface area contributed by atoms with Gasteiger partial charge in [-0.3, -0.25) is 4.57 Å². The fraction of sp³-hybridized carbons (Fsp3) is 0.562. The van der Waals surface area contributed by atoms with Gasteiger partial charge in [0.05, 0.1) is 6.33 Å². The highest BCUT2D eigenvalue weighted by Crippen LogP contribution is 2.46. The van der Waals surface area contributed by atoms with E-state index in [2.05, 4.69) is 40.0 Å². The summed E-state index contributed by atoms with van der Waals surface area (Å²) in [7, 11) is 0. The van der Waals surface area contributed by atoms with E-state index in [4.69, 9.17) is 11.2 Å². The Bertz CT molecular complexity index is 827. The van der Waals surface area contributed by atoms with Crippen LogP contribution in [-0.4, -0.2) is 54.1 Å². The minimum atomic E-state index is -1.16. The van der Waals surface area contributed by atoms with Crippen LogP contribution in [0, 0.1) is 17.8 Å². The Hall–Kier alpha value is -2.21. The molecule has 5 atom stereocenters. The van der Waals surface area contributed by atoms with Crippen molar-refractivity contribution >= 4 is 17.0 Å². The topological polar surface area (TPSA) is 105 Å². The molecule has 0 spiro atoms. The Kier molecular flexibility index (Phi) is 3.28. The smallest absolute Gasteiger partial charge is 0.167 e. The van der Waals surface area contributed by atoms with E-state index in [0.717, 1.165) is 6.42 Å². The molecule has 3 N–H and O–H groups in total. The average Bonchev–Trinajstić information content (AvgIpc) is 2.87. The molecule has 2 aliphatic rings. The van der Waals surface area contributed by atoms with Crippen molar-refractivity contribution in [3.63, 3.8) is 0 Å². The van der Waals surface area contributed by atoms with Gasteiger partial charge in [-0.1, -0.05) is 19.8 Å². The lowest BCUT2D eigenvalue weighted by molar-refractivity contribution is -0.0230. The van der Waals surface area contributed by atoms with Gasteiger partial charge in [0.2, 0.25) is 0 Å². The summed E-state index contributed by atoms with van der Waals surface area (Å²) in [5.74, 6) is 2.98. The third kappa shape index (κ3) is 2.24. The second-order valence-electron chi connectivity index (χ2n) is 7.03. The summed E-state index contributed by atoms with van der Waals surface area (Å²) in [6.45, 7) is 4.37. The lowest BCUT2D eigenvalue weighted by Gasteiger charge is -2.16. The van der Waals surface area contributed by atoms with Gasteiger partial charge in [0.15, 0.2) is 23.2 Å². The Morgan fingerprint density at radius 2 is 2.08 bits per heavy atom. The van der Waals surface area contributed by atoms with Crippen LogP contribution in [0.4, 0.5) is 5.82 Å². The molecule has 4 rings (SSSR count). The summed E-state index contributed by atoms with van der Waals surface area (Å²) < 4.78 is 7.13. The minimum absolute atomic E-state index is 0.245. The SMILES string of the molecule is C#CC1OC(n2cnc3c(NC4CC4(C)C)ncnc32)C(O)C1O. The van der Waals surface area contributed by atoms with E-state index >= 15 is 0 Å². The highest BCUT2D eigenvalue weighted by molar-refractivity contribution is 5.83. The zero-order valence-corrected chi connectivity index (χ0v) is 13.4. The molecule has 0 bridgehead atoms. The first kappa shape index (κ1) is 15.3. The molecular formula is C16H19N5O3. The molecule has 0 radical (unpaired) electrons. The molecule has 3 heterocycles. The number of nitrogens with one attached hydrogen (secondary N) is 1. The monoisotopic (exact) mass is 329 g/mol. The van der Waals surface area contributed by atoms with Gasteiger partial charge in [0, 0.05) is 6.04 Å². The number of rotatable bonds is 3. The third-order valence-corrected chi connectivity index (χ3v) is 4.86. The van der Waals surface area contributed by atoms with Crippen molar-refractivity contribution in [3.8, 4) is 12.3 Å². The number of aliphatic hydroxyl groups is 2. The van der Waals surface area contributed by atoms with Gasteiger partial charge in [-0.05, 0) is 11.8 Å². The number of hydrogen-bond donors (Lipinski definition) is 3. The number of ether oxygens (including phenoxy) is 1. The second kappa shape index (κ2) is 5.14. The lowest BCUT2D eigenvalue weighted by atomic mass is 10.1. The number of aromatic nitrogens is 4. The molecule has 0 amide bonds. The molecule has 8 nitrogen and oxygen atoms in total. The van der Waals surface area contributed by atoms with Crippen LogP contribution >= 0.6 is 0 Å². The molecule has 2 fully saturated rings. The molecule has 2 aromatic rings. The zero-order valence-electron chi connectivity index (χ0n) is 13.4. The second-order valence-corrected chi connectivity index (χ2v) is 7.03. The Balaban J connectivity index is 1.68. The van der Waals surface area contributed by atoms with E-state index in [9.17, 15) is 10.2 Å². The molecular weight excluding hydrogens is 310 g/mol. The summed E-state index contributed by atoms with van der Waals surface area (Å²) >= 11 is 0. The van der Waals surface area contributed by atoms with Crippen molar-refractivity contribution in [3.05, 3.63) is 12.7 Å². The molecule has 1 aliphatic carbocycles. The summed E-state index contributed by atoms with van der Waals surface area (Å²) in [5, 5.41) is 23.5. The third-order valence-electron chi connectivity index (χ3n) is 4.86. The number of fused-ring (bicyclic) bond motifs is 1. The van der Waals surface area contributed by atoms with E-state index in [-0.39, 0.29) is 5.41 Å². The largest absolute Gasteiger partial charge is 0.386 e. The quantitative estimate of drug-likeness (QED) is 0.695. The van der Waals surface area contributed by atoms with Crippen molar-refractivity contribution in [2.24, 2.45) is 5.41 Å². The fourth-order valence-electron chi connectivity index (χ4n) is 3.05. The number of terminal acetylenes is 1. The molecule has 5 unspecified atom stereocenters. The van der Waals surface area contributed by atoms with Crippen LogP contribution in [0.1, 0.15) is 26.5 Å². The van der Waals surface area contributed by atoms with Crippen molar-refractivity contribution < 1.29 is 14.9 Å². The number of nitrogens with zero attached hydrogens (tertiary/aromatic N) is 4.